The molecule has 7 heteroatoms. The van der Waals surface area contributed by atoms with Gasteiger partial charge in [0.2, 0.25) is 0 Å². The van der Waals surface area contributed by atoms with Gasteiger partial charge in [-0.05, 0) is 42.5 Å². The monoisotopic (exact) mass is 406 g/mol. The first-order valence-electron chi connectivity index (χ1n) is 8.74. The number of hydrogen-bond donors (Lipinski definition) is 0. The van der Waals surface area contributed by atoms with Gasteiger partial charge in [0.05, 0.1) is 5.69 Å². The Morgan fingerprint density at radius 1 is 0.897 bits per heavy atom. The highest BCUT2D eigenvalue weighted by Crippen LogP contribution is 2.28. The van der Waals surface area contributed by atoms with E-state index in [-0.39, 0.29) is 5.57 Å². The molecule has 1 aromatic heterocycles. The fourth-order valence-electron chi connectivity index (χ4n) is 3.01. The molecule has 0 atom stereocenters. The molecule has 2 heterocycles. The van der Waals surface area contributed by atoms with Crippen LogP contribution in [0.1, 0.15) is 5.76 Å². The van der Waals surface area contributed by atoms with E-state index in [2.05, 4.69) is 0 Å². The summed E-state index contributed by atoms with van der Waals surface area (Å²) >= 11 is 6.01. The Labute approximate surface area is 171 Å². The largest absolute Gasteiger partial charge is 0.457 e. The molecule has 0 radical (unpaired) electrons. The third-order valence-corrected chi connectivity index (χ3v) is 4.72. The van der Waals surface area contributed by atoms with Crippen molar-refractivity contribution >= 4 is 41.2 Å². The van der Waals surface area contributed by atoms with Crippen LogP contribution in [0.25, 0.3) is 17.4 Å². The standard InChI is InChI=1S/C22H15ClN2O4/c1-24-20(26)18(21(27)25(22(24)28)16-8-3-2-4-9-16)13-17-10-11-19(29-17)14-6-5-7-15(23)12-14/h2-13H,1H3/b18-13+. The van der Waals surface area contributed by atoms with Gasteiger partial charge in [0.15, 0.2) is 0 Å². The Kier molecular flexibility index (Phi) is 4.78. The number of likely N-dealkylation sites (N-methyl/N-ethyl adjacent to an activating group) is 1. The van der Waals surface area contributed by atoms with Crippen molar-refractivity contribution in [2.24, 2.45) is 0 Å². The lowest BCUT2D eigenvalue weighted by Crippen LogP contribution is -2.55. The summed E-state index contributed by atoms with van der Waals surface area (Å²) in [4.78, 5) is 39.9. The minimum atomic E-state index is -0.706. The van der Waals surface area contributed by atoms with Gasteiger partial charge in [0.25, 0.3) is 11.8 Å². The number of nitrogens with zero attached hydrogens (tertiary/aromatic N) is 2. The lowest BCUT2D eigenvalue weighted by molar-refractivity contribution is -0.128. The fraction of sp³-hybridized carbons (Fsp3) is 0.0455. The molecule has 0 aliphatic carbocycles. The highest BCUT2D eigenvalue weighted by atomic mass is 35.5. The van der Waals surface area contributed by atoms with Crippen LogP contribution in [0.4, 0.5) is 10.5 Å². The van der Waals surface area contributed by atoms with E-state index in [1.807, 2.05) is 6.07 Å². The quantitative estimate of drug-likeness (QED) is 0.470. The Bertz CT molecular complexity index is 1150. The second-order valence-electron chi connectivity index (χ2n) is 6.39. The zero-order valence-corrected chi connectivity index (χ0v) is 16.1. The topological polar surface area (TPSA) is 70.8 Å². The normalized spacial score (nSPS) is 16.1. The Hall–Kier alpha value is -3.64. The number of rotatable bonds is 3. The predicted octanol–water partition coefficient (Wildman–Crippen LogP) is 4.61. The molecule has 6 nitrogen and oxygen atoms in total. The van der Waals surface area contributed by atoms with E-state index in [1.165, 1.54) is 13.1 Å². The number of furan rings is 1. The Morgan fingerprint density at radius 2 is 1.66 bits per heavy atom. The van der Waals surface area contributed by atoms with Gasteiger partial charge in [-0.25, -0.2) is 9.69 Å². The van der Waals surface area contributed by atoms with Crippen molar-refractivity contribution in [2.45, 2.75) is 0 Å². The van der Waals surface area contributed by atoms with E-state index in [4.69, 9.17) is 16.0 Å². The number of urea groups is 1. The van der Waals surface area contributed by atoms with Crippen molar-refractivity contribution in [1.29, 1.82) is 0 Å². The molecular weight excluding hydrogens is 392 g/mol. The molecule has 144 valence electrons. The average molecular weight is 407 g/mol. The summed E-state index contributed by atoms with van der Waals surface area (Å²) in [7, 11) is 1.33. The van der Waals surface area contributed by atoms with Gasteiger partial charge in [-0.1, -0.05) is 41.9 Å². The van der Waals surface area contributed by atoms with Crippen molar-refractivity contribution in [3.63, 3.8) is 0 Å². The molecule has 4 rings (SSSR count). The summed E-state index contributed by atoms with van der Waals surface area (Å²) < 4.78 is 5.77. The van der Waals surface area contributed by atoms with Gasteiger partial charge in [-0.15, -0.1) is 0 Å². The van der Waals surface area contributed by atoms with Crippen LogP contribution in [0.5, 0.6) is 0 Å². The molecular formula is C22H15ClN2O4. The first-order valence-corrected chi connectivity index (χ1v) is 9.12. The number of anilines is 1. The molecule has 3 aromatic rings. The Morgan fingerprint density at radius 3 is 2.38 bits per heavy atom. The number of amides is 4. The number of hydrogen-bond acceptors (Lipinski definition) is 4. The first kappa shape index (κ1) is 18.7. The van der Waals surface area contributed by atoms with Crippen LogP contribution in [0.3, 0.4) is 0 Å². The van der Waals surface area contributed by atoms with Crippen molar-refractivity contribution < 1.29 is 18.8 Å². The molecule has 1 aliphatic rings. The number of carbonyl (C=O) groups is 3. The van der Waals surface area contributed by atoms with Crippen molar-refractivity contribution in [2.75, 3.05) is 11.9 Å². The molecule has 0 saturated carbocycles. The Balaban J connectivity index is 1.71. The summed E-state index contributed by atoms with van der Waals surface area (Å²) in [5.41, 5.74) is 0.983. The highest BCUT2D eigenvalue weighted by molar-refractivity contribution is 6.38. The van der Waals surface area contributed by atoms with Crippen molar-refractivity contribution in [3.8, 4) is 11.3 Å². The van der Waals surface area contributed by atoms with E-state index in [9.17, 15) is 14.4 Å². The summed E-state index contributed by atoms with van der Waals surface area (Å²) in [6, 6.07) is 18.2. The molecule has 1 fully saturated rings. The first-order chi connectivity index (χ1) is 14.0. The molecule has 0 spiro atoms. The summed E-state index contributed by atoms with van der Waals surface area (Å²) in [5, 5.41) is 0.565. The second kappa shape index (κ2) is 7.41. The van der Waals surface area contributed by atoms with Crippen molar-refractivity contribution in [3.05, 3.63) is 83.1 Å². The van der Waals surface area contributed by atoms with Crippen LogP contribution in [0, 0.1) is 0 Å². The zero-order valence-electron chi connectivity index (χ0n) is 15.3. The maximum Gasteiger partial charge on any atom is 0.338 e. The molecule has 1 aliphatic heterocycles. The fourth-order valence-corrected chi connectivity index (χ4v) is 3.20. The number of para-hydroxylation sites is 1. The number of benzene rings is 2. The minimum absolute atomic E-state index is 0.164. The highest BCUT2D eigenvalue weighted by Gasteiger charge is 2.41. The molecule has 2 aromatic carbocycles. The smallest absolute Gasteiger partial charge is 0.338 e. The van der Waals surface area contributed by atoms with Crippen LogP contribution in [0.2, 0.25) is 5.02 Å². The van der Waals surface area contributed by atoms with Gasteiger partial charge < -0.3 is 4.42 Å². The molecule has 0 unspecified atom stereocenters. The third kappa shape index (κ3) is 3.46. The lowest BCUT2D eigenvalue weighted by atomic mass is 10.1. The van der Waals surface area contributed by atoms with Crippen LogP contribution >= 0.6 is 11.6 Å². The van der Waals surface area contributed by atoms with Crippen LogP contribution in [0.15, 0.2) is 76.7 Å². The molecule has 1 saturated heterocycles. The summed E-state index contributed by atoms with van der Waals surface area (Å²) in [5.74, 6) is -0.537. The number of imide groups is 2. The number of halogens is 1. The summed E-state index contributed by atoms with van der Waals surface area (Å²) in [6.07, 6.45) is 1.34. The van der Waals surface area contributed by atoms with E-state index >= 15 is 0 Å². The molecule has 0 bridgehead atoms. The van der Waals surface area contributed by atoms with Crippen LogP contribution in [-0.4, -0.2) is 29.8 Å². The molecule has 4 amide bonds. The maximum atomic E-state index is 12.9. The third-order valence-electron chi connectivity index (χ3n) is 4.48. The van der Waals surface area contributed by atoms with E-state index in [0.717, 1.165) is 15.4 Å². The van der Waals surface area contributed by atoms with Crippen molar-refractivity contribution in [1.82, 2.24) is 4.90 Å². The van der Waals surface area contributed by atoms with E-state index in [1.54, 1.807) is 60.7 Å². The molecule has 0 N–H and O–H groups in total. The number of barbiturate groups is 1. The second-order valence-corrected chi connectivity index (χ2v) is 6.83. The van der Waals surface area contributed by atoms with Gasteiger partial charge in [0.1, 0.15) is 17.1 Å². The van der Waals surface area contributed by atoms with Gasteiger partial charge in [0, 0.05) is 17.6 Å². The summed E-state index contributed by atoms with van der Waals surface area (Å²) in [6.45, 7) is 0. The SMILES string of the molecule is CN1C(=O)/C(=C\c2ccc(-c3cccc(Cl)c3)o2)C(=O)N(c2ccccc2)C1=O. The zero-order chi connectivity index (χ0) is 20.5. The van der Waals surface area contributed by atoms with Crippen LogP contribution < -0.4 is 4.90 Å². The van der Waals surface area contributed by atoms with Gasteiger partial charge >= 0.3 is 6.03 Å². The van der Waals surface area contributed by atoms with Gasteiger partial charge in [-0.3, -0.25) is 14.5 Å². The lowest BCUT2D eigenvalue weighted by Gasteiger charge is -2.31. The predicted molar refractivity (Wildman–Crippen MR) is 109 cm³/mol. The van der Waals surface area contributed by atoms with Crippen LogP contribution in [-0.2, 0) is 9.59 Å². The number of carbonyl (C=O) groups excluding carboxylic acids is 3. The van der Waals surface area contributed by atoms with E-state index in [0.29, 0.717) is 22.2 Å². The minimum Gasteiger partial charge on any atom is -0.457 e. The van der Waals surface area contributed by atoms with E-state index < -0.39 is 17.8 Å². The maximum absolute atomic E-state index is 12.9. The average Bonchev–Trinajstić information content (AvgIpc) is 3.19. The van der Waals surface area contributed by atoms with Gasteiger partial charge in [-0.2, -0.15) is 0 Å². The molecule has 29 heavy (non-hydrogen) atoms.